The van der Waals surface area contributed by atoms with Crippen molar-refractivity contribution in [1.29, 1.82) is 0 Å². The largest absolute Gasteiger partial charge is 0.356 e. The molecule has 0 aliphatic carbocycles. The van der Waals surface area contributed by atoms with E-state index in [0.717, 1.165) is 24.2 Å². The Morgan fingerprint density at radius 1 is 0.826 bits per heavy atom. The molecule has 3 N–H and O–H groups in total. The van der Waals surface area contributed by atoms with Gasteiger partial charge >= 0.3 is 11.8 Å². The lowest BCUT2D eigenvalue weighted by molar-refractivity contribution is -0.136. The number of hydrogen-bond donors (Lipinski definition) is 3. The molecule has 0 atom stereocenters. The van der Waals surface area contributed by atoms with Gasteiger partial charge in [0.25, 0.3) is 0 Å². The molecular formula is C18H21N3O2. The summed E-state index contributed by atoms with van der Waals surface area (Å²) >= 11 is 0. The topological polar surface area (TPSA) is 70.2 Å². The predicted octanol–water partition coefficient (Wildman–Crippen LogP) is 3.29. The van der Waals surface area contributed by atoms with E-state index in [1.807, 2.05) is 49.4 Å². The lowest BCUT2D eigenvalue weighted by Gasteiger charge is -2.09. The van der Waals surface area contributed by atoms with Gasteiger partial charge in [-0.2, -0.15) is 0 Å². The van der Waals surface area contributed by atoms with Gasteiger partial charge in [0, 0.05) is 23.6 Å². The van der Waals surface area contributed by atoms with Crippen LogP contribution in [0, 0.1) is 0 Å². The molecule has 0 bridgehead atoms. The molecule has 0 spiro atoms. The summed E-state index contributed by atoms with van der Waals surface area (Å²) in [4.78, 5) is 23.3. The number of amides is 2. The zero-order valence-electron chi connectivity index (χ0n) is 13.1. The maximum Gasteiger partial charge on any atom is 0.313 e. The lowest BCUT2D eigenvalue weighted by Crippen LogP contribution is -2.35. The molecule has 0 heterocycles. The van der Waals surface area contributed by atoms with Gasteiger partial charge in [-0.05, 0) is 42.8 Å². The second-order valence-corrected chi connectivity index (χ2v) is 5.13. The van der Waals surface area contributed by atoms with Crippen molar-refractivity contribution in [3.05, 3.63) is 54.6 Å². The third kappa shape index (κ3) is 5.47. The lowest BCUT2D eigenvalue weighted by atomic mass is 10.2. The minimum absolute atomic E-state index is 0.517. The van der Waals surface area contributed by atoms with Crippen LogP contribution in [0.5, 0.6) is 0 Å². The normalized spacial score (nSPS) is 9.96. The first-order valence-corrected chi connectivity index (χ1v) is 7.70. The molecule has 0 fully saturated rings. The Kier molecular flexibility index (Phi) is 6.17. The molecule has 0 aliphatic rings. The van der Waals surface area contributed by atoms with Crippen LogP contribution in [0.15, 0.2) is 54.6 Å². The zero-order chi connectivity index (χ0) is 16.5. The standard InChI is InChI=1S/C18H21N3O2/c1-2-3-13-19-17(22)18(23)21-16-11-9-15(10-12-16)20-14-7-5-4-6-8-14/h4-12,20H,2-3,13H2,1H3,(H,19,22)(H,21,23). The molecule has 23 heavy (non-hydrogen) atoms. The molecule has 0 unspecified atom stereocenters. The van der Waals surface area contributed by atoms with Crippen LogP contribution in [0.1, 0.15) is 19.8 Å². The molecule has 0 aromatic heterocycles. The zero-order valence-corrected chi connectivity index (χ0v) is 13.1. The van der Waals surface area contributed by atoms with Crippen molar-refractivity contribution in [3.63, 3.8) is 0 Å². The van der Waals surface area contributed by atoms with Crippen LogP contribution in [-0.4, -0.2) is 18.4 Å². The summed E-state index contributed by atoms with van der Waals surface area (Å²) < 4.78 is 0. The van der Waals surface area contributed by atoms with Gasteiger partial charge in [-0.25, -0.2) is 0 Å². The van der Waals surface area contributed by atoms with Crippen LogP contribution >= 0.6 is 0 Å². The average molecular weight is 311 g/mol. The molecule has 0 aliphatic heterocycles. The second-order valence-electron chi connectivity index (χ2n) is 5.13. The van der Waals surface area contributed by atoms with E-state index in [9.17, 15) is 9.59 Å². The van der Waals surface area contributed by atoms with E-state index in [-0.39, 0.29) is 0 Å². The van der Waals surface area contributed by atoms with Crippen molar-refractivity contribution in [2.75, 3.05) is 17.2 Å². The highest BCUT2D eigenvalue weighted by Gasteiger charge is 2.12. The van der Waals surface area contributed by atoms with Gasteiger partial charge in [0.15, 0.2) is 0 Å². The molecule has 5 nitrogen and oxygen atoms in total. The third-order valence-electron chi connectivity index (χ3n) is 3.23. The van der Waals surface area contributed by atoms with Crippen molar-refractivity contribution in [3.8, 4) is 0 Å². The van der Waals surface area contributed by atoms with Gasteiger partial charge in [-0.3, -0.25) is 9.59 Å². The van der Waals surface area contributed by atoms with E-state index >= 15 is 0 Å². The third-order valence-corrected chi connectivity index (χ3v) is 3.23. The number of carbonyl (C=O) groups excluding carboxylic acids is 2. The Hall–Kier alpha value is -2.82. The Morgan fingerprint density at radius 3 is 2.09 bits per heavy atom. The van der Waals surface area contributed by atoms with Gasteiger partial charge in [-0.1, -0.05) is 31.5 Å². The van der Waals surface area contributed by atoms with Crippen LogP contribution in [0.3, 0.4) is 0 Å². The van der Waals surface area contributed by atoms with Crippen molar-refractivity contribution >= 4 is 28.9 Å². The average Bonchev–Trinajstić information content (AvgIpc) is 2.57. The number of para-hydroxylation sites is 1. The maximum absolute atomic E-state index is 11.7. The summed E-state index contributed by atoms with van der Waals surface area (Å²) in [5.41, 5.74) is 2.47. The number of rotatable bonds is 6. The fourth-order valence-corrected chi connectivity index (χ4v) is 1.97. The summed E-state index contributed by atoms with van der Waals surface area (Å²) in [6, 6.07) is 17.0. The van der Waals surface area contributed by atoms with E-state index in [0.29, 0.717) is 12.2 Å². The van der Waals surface area contributed by atoms with Gasteiger partial charge in [0.1, 0.15) is 0 Å². The van der Waals surface area contributed by atoms with E-state index in [2.05, 4.69) is 16.0 Å². The van der Waals surface area contributed by atoms with Crippen molar-refractivity contribution in [1.82, 2.24) is 5.32 Å². The molecular weight excluding hydrogens is 290 g/mol. The van der Waals surface area contributed by atoms with Crippen LogP contribution < -0.4 is 16.0 Å². The molecule has 0 saturated heterocycles. The molecule has 2 rings (SSSR count). The highest BCUT2D eigenvalue weighted by molar-refractivity contribution is 6.39. The van der Waals surface area contributed by atoms with Crippen LogP contribution in [0.25, 0.3) is 0 Å². The number of carbonyl (C=O) groups is 2. The number of anilines is 3. The predicted molar refractivity (Wildman–Crippen MR) is 92.7 cm³/mol. The highest BCUT2D eigenvalue weighted by Crippen LogP contribution is 2.18. The molecule has 2 amide bonds. The summed E-state index contributed by atoms with van der Waals surface area (Å²) in [7, 11) is 0. The van der Waals surface area contributed by atoms with Crippen molar-refractivity contribution in [2.45, 2.75) is 19.8 Å². The minimum Gasteiger partial charge on any atom is -0.356 e. The summed E-state index contributed by atoms with van der Waals surface area (Å²) in [5.74, 6) is -1.25. The van der Waals surface area contributed by atoms with E-state index in [1.165, 1.54) is 0 Å². The molecule has 5 heteroatoms. The molecule has 2 aromatic rings. The Balaban J connectivity index is 1.87. The quantitative estimate of drug-likeness (QED) is 0.566. The summed E-state index contributed by atoms with van der Waals surface area (Å²) in [6.45, 7) is 2.54. The minimum atomic E-state index is -0.648. The number of benzene rings is 2. The van der Waals surface area contributed by atoms with E-state index < -0.39 is 11.8 Å². The summed E-state index contributed by atoms with van der Waals surface area (Å²) in [5, 5.41) is 8.41. The van der Waals surface area contributed by atoms with E-state index in [4.69, 9.17) is 0 Å². The summed E-state index contributed by atoms with van der Waals surface area (Å²) in [6.07, 6.45) is 1.83. The van der Waals surface area contributed by atoms with Gasteiger partial charge < -0.3 is 16.0 Å². The van der Waals surface area contributed by atoms with Gasteiger partial charge in [0.2, 0.25) is 0 Å². The number of hydrogen-bond acceptors (Lipinski definition) is 3. The SMILES string of the molecule is CCCCNC(=O)C(=O)Nc1ccc(Nc2ccccc2)cc1. The Bertz CT molecular complexity index is 639. The fourth-order valence-electron chi connectivity index (χ4n) is 1.97. The van der Waals surface area contributed by atoms with Crippen LogP contribution in [-0.2, 0) is 9.59 Å². The second kappa shape index (κ2) is 8.58. The molecule has 0 saturated carbocycles. The van der Waals surface area contributed by atoms with Crippen molar-refractivity contribution < 1.29 is 9.59 Å². The molecule has 0 radical (unpaired) electrons. The first-order valence-electron chi connectivity index (χ1n) is 7.70. The van der Waals surface area contributed by atoms with Crippen molar-refractivity contribution in [2.24, 2.45) is 0 Å². The highest BCUT2D eigenvalue weighted by atomic mass is 16.2. The Labute approximate surface area is 136 Å². The fraction of sp³-hybridized carbons (Fsp3) is 0.222. The molecule has 120 valence electrons. The van der Waals surface area contributed by atoms with Gasteiger partial charge in [-0.15, -0.1) is 0 Å². The first-order chi connectivity index (χ1) is 11.2. The van der Waals surface area contributed by atoms with Crippen LogP contribution in [0.4, 0.5) is 17.1 Å². The first kappa shape index (κ1) is 16.5. The number of nitrogens with one attached hydrogen (secondary N) is 3. The Morgan fingerprint density at radius 2 is 1.43 bits per heavy atom. The molecule has 2 aromatic carbocycles. The van der Waals surface area contributed by atoms with Gasteiger partial charge in [0.05, 0.1) is 0 Å². The smallest absolute Gasteiger partial charge is 0.313 e. The van der Waals surface area contributed by atoms with Crippen LogP contribution in [0.2, 0.25) is 0 Å². The maximum atomic E-state index is 11.7. The monoisotopic (exact) mass is 311 g/mol. The number of unbranched alkanes of at least 4 members (excludes halogenated alkanes) is 1. The van der Waals surface area contributed by atoms with E-state index in [1.54, 1.807) is 12.1 Å².